The van der Waals surface area contributed by atoms with E-state index in [9.17, 15) is 0 Å². The lowest BCUT2D eigenvalue weighted by Crippen LogP contribution is -2.03. The zero-order valence-electron chi connectivity index (χ0n) is 11.4. The number of aryl methyl sites for hydroxylation is 2. The number of nitrogen functional groups attached to an aromatic ring is 1. The summed E-state index contributed by atoms with van der Waals surface area (Å²) in [5.41, 5.74) is 10.8. The van der Waals surface area contributed by atoms with Crippen molar-refractivity contribution in [3.05, 3.63) is 54.0 Å². The van der Waals surface area contributed by atoms with Gasteiger partial charge in [0.05, 0.1) is 11.9 Å². The molecule has 0 saturated heterocycles. The predicted octanol–water partition coefficient (Wildman–Crippen LogP) is 2.53. The molecule has 0 aliphatic heterocycles. The first-order valence-electron chi connectivity index (χ1n) is 6.35. The van der Waals surface area contributed by atoms with Gasteiger partial charge in [-0.25, -0.2) is 9.67 Å². The zero-order valence-corrected chi connectivity index (χ0v) is 11.4. The van der Waals surface area contributed by atoms with Gasteiger partial charge in [-0.3, -0.25) is 0 Å². The number of hydrogen-bond acceptors (Lipinski definition) is 4. The quantitative estimate of drug-likeness (QED) is 0.773. The van der Waals surface area contributed by atoms with Crippen LogP contribution in [0.5, 0.6) is 0 Å². The minimum Gasteiger partial charge on any atom is -0.382 e. The summed E-state index contributed by atoms with van der Waals surface area (Å²) in [7, 11) is 0. The van der Waals surface area contributed by atoms with Crippen molar-refractivity contribution in [1.82, 2.24) is 20.0 Å². The van der Waals surface area contributed by atoms with E-state index in [1.807, 2.05) is 19.2 Å². The van der Waals surface area contributed by atoms with Gasteiger partial charge in [-0.05, 0) is 25.5 Å². The van der Waals surface area contributed by atoms with E-state index in [4.69, 9.17) is 5.73 Å². The Balaban J connectivity index is 2.08. The van der Waals surface area contributed by atoms with Gasteiger partial charge in [0, 0.05) is 11.8 Å². The molecule has 2 N–H and O–H groups in total. The lowest BCUT2D eigenvalue weighted by Gasteiger charge is -2.07. The monoisotopic (exact) mass is 265 g/mol. The third-order valence-electron chi connectivity index (χ3n) is 3.14. The standard InChI is InChI=1S/C15H15N5/c1-10-3-5-12(6-4-10)13-7-14(15(16)17-8-13)20-9-11(2)18-19-20/h3-9H,1-2H3,(H2,16,17). The Labute approximate surface area is 117 Å². The second-order valence-corrected chi connectivity index (χ2v) is 4.80. The van der Waals surface area contributed by atoms with Crippen molar-refractivity contribution in [3.8, 4) is 16.8 Å². The number of pyridine rings is 1. The largest absolute Gasteiger partial charge is 0.382 e. The Kier molecular flexibility index (Phi) is 2.95. The van der Waals surface area contributed by atoms with Gasteiger partial charge in [-0.1, -0.05) is 35.0 Å². The summed E-state index contributed by atoms with van der Waals surface area (Å²) in [6.07, 6.45) is 3.60. The number of aromatic nitrogens is 4. The highest BCUT2D eigenvalue weighted by Crippen LogP contribution is 2.24. The summed E-state index contributed by atoms with van der Waals surface area (Å²) in [4.78, 5) is 4.25. The van der Waals surface area contributed by atoms with Crippen LogP contribution in [0.1, 0.15) is 11.3 Å². The van der Waals surface area contributed by atoms with E-state index in [-0.39, 0.29) is 0 Å². The van der Waals surface area contributed by atoms with Crippen LogP contribution in [0.3, 0.4) is 0 Å². The van der Waals surface area contributed by atoms with Crippen molar-refractivity contribution in [2.24, 2.45) is 0 Å². The van der Waals surface area contributed by atoms with E-state index >= 15 is 0 Å². The number of anilines is 1. The second kappa shape index (κ2) is 4.77. The molecular weight excluding hydrogens is 250 g/mol. The second-order valence-electron chi connectivity index (χ2n) is 4.80. The van der Waals surface area contributed by atoms with Crippen LogP contribution in [-0.2, 0) is 0 Å². The van der Waals surface area contributed by atoms with E-state index in [1.54, 1.807) is 10.9 Å². The lowest BCUT2D eigenvalue weighted by atomic mass is 10.1. The molecule has 5 nitrogen and oxygen atoms in total. The Morgan fingerprint density at radius 2 is 1.80 bits per heavy atom. The molecule has 2 heterocycles. The van der Waals surface area contributed by atoms with Gasteiger partial charge in [0.25, 0.3) is 0 Å². The van der Waals surface area contributed by atoms with Crippen LogP contribution in [-0.4, -0.2) is 20.0 Å². The van der Waals surface area contributed by atoms with Crippen molar-refractivity contribution >= 4 is 5.82 Å². The molecule has 0 spiro atoms. The summed E-state index contributed by atoms with van der Waals surface area (Å²) in [6, 6.07) is 10.3. The van der Waals surface area contributed by atoms with E-state index in [1.165, 1.54) is 5.56 Å². The maximum absolute atomic E-state index is 5.93. The van der Waals surface area contributed by atoms with Crippen molar-refractivity contribution in [2.45, 2.75) is 13.8 Å². The third-order valence-corrected chi connectivity index (χ3v) is 3.14. The van der Waals surface area contributed by atoms with E-state index in [0.717, 1.165) is 22.5 Å². The minimum atomic E-state index is 0.436. The van der Waals surface area contributed by atoms with Gasteiger partial charge in [0.15, 0.2) is 0 Å². The first-order chi connectivity index (χ1) is 9.63. The molecule has 0 atom stereocenters. The summed E-state index contributed by atoms with van der Waals surface area (Å²) in [6.45, 7) is 3.95. The van der Waals surface area contributed by atoms with Gasteiger partial charge in [0.2, 0.25) is 0 Å². The van der Waals surface area contributed by atoms with Crippen LogP contribution in [0.25, 0.3) is 16.8 Å². The highest BCUT2D eigenvalue weighted by molar-refractivity contribution is 5.68. The molecule has 100 valence electrons. The molecule has 5 heteroatoms. The van der Waals surface area contributed by atoms with Gasteiger partial charge in [-0.15, -0.1) is 5.10 Å². The number of hydrogen-bond donors (Lipinski definition) is 1. The van der Waals surface area contributed by atoms with Crippen LogP contribution in [0.4, 0.5) is 5.82 Å². The highest BCUT2D eigenvalue weighted by atomic mass is 15.4. The Bertz CT molecular complexity index is 743. The van der Waals surface area contributed by atoms with Gasteiger partial charge in [-0.2, -0.15) is 0 Å². The molecule has 0 radical (unpaired) electrons. The van der Waals surface area contributed by atoms with Crippen molar-refractivity contribution in [2.75, 3.05) is 5.73 Å². The molecule has 0 unspecified atom stereocenters. The van der Waals surface area contributed by atoms with Crippen molar-refractivity contribution in [3.63, 3.8) is 0 Å². The molecule has 0 fully saturated rings. The van der Waals surface area contributed by atoms with Crippen LogP contribution >= 0.6 is 0 Å². The molecule has 1 aromatic carbocycles. The Hall–Kier alpha value is -2.69. The summed E-state index contributed by atoms with van der Waals surface area (Å²) in [5.74, 6) is 0.436. The molecular formula is C15H15N5. The van der Waals surface area contributed by atoms with Gasteiger partial charge >= 0.3 is 0 Å². The van der Waals surface area contributed by atoms with Crippen LogP contribution < -0.4 is 5.73 Å². The molecule has 0 aliphatic carbocycles. The fourth-order valence-corrected chi connectivity index (χ4v) is 2.02. The summed E-state index contributed by atoms with van der Waals surface area (Å²) in [5, 5.41) is 8.02. The molecule has 3 rings (SSSR count). The fourth-order valence-electron chi connectivity index (χ4n) is 2.02. The van der Waals surface area contributed by atoms with Crippen molar-refractivity contribution < 1.29 is 0 Å². The van der Waals surface area contributed by atoms with Crippen LogP contribution in [0.2, 0.25) is 0 Å². The normalized spacial score (nSPS) is 10.7. The van der Waals surface area contributed by atoms with E-state index in [2.05, 4.69) is 46.5 Å². The summed E-state index contributed by atoms with van der Waals surface area (Å²) < 4.78 is 1.65. The van der Waals surface area contributed by atoms with Gasteiger partial charge < -0.3 is 5.73 Å². The molecule has 3 aromatic rings. The molecule has 2 aromatic heterocycles. The first kappa shape index (κ1) is 12.3. The highest BCUT2D eigenvalue weighted by Gasteiger charge is 2.08. The molecule has 0 bridgehead atoms. The zero-order chi connectivity index (χ0) is 14.1. The molecule has 0 amide bonds. The van der Waals surface area contributed by atoms with E-state index in [0.29, 0.717) is 5.82 Å². The maximum atomic E-state index is 5.93. The summed E-state index contributed by atoms with van der Waals surface area (Å²) >= 11 is 0. The van der Waals surface area contributed by atoms with Gasteiger partial charge in [0.1, 0.15) is 11.5 Å². The number of nitrogens with zero attached hydrogens (tertiary/aromatic N) is 4. The smallest absolute Gasteiger partial charge is 0.149 e. The lowest BCUT2D eigenvalue weighted by molar-refractivity contribution is 0.800. The fraction of sp³-hybridized carbons (Fsp3) is 0.133. The van der Waals surface area contributed by atoms with Crippen LogP contribution in [0, 0.1) is 13.8 Å². The van der Waals surface area contributed by atoms with E-state index < -0.39 is 0 Å². The third kappa shape index (κ3) is 2.25. The first-order valence-corrected chi connectivity index (χ1v) is 6.35. The average Bonchev–Trinajstić information content (AvgIpc) is 2.87. The van der Waals surface area contributed by atoms with Crippen LogP contribution in [0.15, 0.2) is 42.7 Å². The van der Waals surface area contributed by atoms with Crippen molar-refractivity contribution in [1.29, 1.82) is 0 Å². The molecule has 20 heavy (non-hydrogen) atoms. The Morgan fingerprint density at radius 3 is 2.45 bits per heavy atom. The number of benzene rings is 1. The SMILES string of the molecule is Cc1ccc(-c2cnc(N)c(-n3cc(C)nn3)c2)cc1. The molecule has 0 saturated carbocycles. The average molecular weight is 265 g/mol. The Morgan fingerprint density at radius 1 is 1.05 bits per heavy atom. The minimum absolute atomic E-state index is 0.436. The topological polar surface area (TPSA) is 69.6 Å². The molecule has 0 aliphatic rings. The number of nitrogens with two attached hydrogens (primary N) is 1. The number of rotatable bonds is 2. The maximum Gasteiger partial charge on any atom is 0.149 e. The predicted molar refractivity (Wildman–Crippen MR) is 78.5 cm³/mol.